The fourth-order valence-corrected chi connectivity index (χ4v) is 4.25. The Bertz CT molecular complexity index is 1250. The maximum atomic E-state index is 13.5. The molecule has 2 heterocycles. The highest BCUT2D eigenvalue weighted by Gasteiger charge is 2.42. The van der Waals surface area contributed by atoms with Gasteiger partial charge in [-0.3, -0.25) is 14.7 Å². The molecule has 1 N–H and O–H groups in total. The van der Waals surface area contributed by atoms with E-state index in [-0.39, 0.29) is 18.3 Å². The minimum absolute atomic E-state index is 0.105. The molecule has 1 fully saturated rings. The number of aryl methyl sites for hydroxylation is 1. The van der Waals surface area contributed by atoms with Crippen molar-refractivity contribution in [2.24, 2.45) is 4.99 Å². The zero-order valence-corrected chi connectivity index (χ0v) is 19.7. The minimum Gasteiger partial charge on any atom is -0.495 e. The Morgan fingerprint density at radius 3 is 2.68 bits per heavy atom. The zero-order valence-electron chi connectivity index (χ0n) is 19.7. The second-order valence-electron chi connectivity index (χ2n) is 8.38. The lowest BCUT2D eigenvalue weighted by atomic mass is 9.87. The number of methoxy groups -OCH3 is 1. The van der Waals surface area contributed by atoms with Gasteiger partial charge in [0.25, 0.3) is 0 Å². The number of imidazole rings is 1. The average molecular weight is 462 g/mol. The first-order valence-corrected chi connectivity index (χ1v) is 11.0. The summed E-state index contributed by atoms with van der Waals surface area (Å²) in [5.41, 5.74) is 2.80. The quantitative estimate of drug-likeness (QED) is 0.464. The van der Waals surface area contributed by atoms with Crippen LogP contribution in [-0.2, 0) is 10.3 Å². The first kappa shape index (κ1) is 23.4. The van der Waals surface area contributed by atoms with Crippen LogP contribution in [0.1, 0.15) is 23.7 Å². The number of nitrogens with zero attached hydrogens (tertiary/aromatic N) is 4. The molecule has 1 amide bonds. The number of aromatic nitrogens is 2. The summed E-state index contributed by atoms with van der Waals surface area (Å²) in [5, 5.41) is 3.17. The number of amides is 1. The molecule has 34 heavy (non-hydrogen) atoms. The summed E-state index contributed by atoms with van der Waals surface area (Å²) in [5.74, 6) is 0.795. The first-order chi connectivity index (χ1) is 16.4. The molecule has 0 spiro atoms. The van der Waals surface area contributed by atoms with Gasteiger partial charge >= 0.3 is 0 Å². The number of rotatable bonds is 5. The Balaban J connectivity index is 1.65. The number of carbonyl (C=O) groups is 1. The topological polar surface area (TPSA) is 71.8 Å². The molecule has 2 aromatic carbocycles. The number of carbonyl (C=O) groups excluding carboxylic acids is 1. The number of aliphatic imine (C=N–C) groups is 1. The van der Waals surface area contributed by atoms with Gasteiger partial charge < -0.3 is 14.6 Å². The molecular weight excluding hydrogens is 433 g/mol. The van der Waals surface area contributed by atoms with Crippen LogP contribution in [-0.4, -0.2) is 53.4 Å². The summed E-state index contributed by atoms with van der Waals surface area (Å²) >= 11 is 0. The first-order valence-electron chi connectivity index (χ1n) is 11.0. The Kier molecular flexibility index (Phi) is 6.61. The highest BCUT2D eigenvalue weighted by Crippen LogP contribution is 2.31. The fourth-order valence-electron chi connectivity index (χ4n) is 4.25. The van der Waals surface area contributed by atoms with E-state index in [9.17, 15) is 9.18 Å². The number of nitrogens with one attached hydrogen (secondary N) is 1. The highest BCUT2D eigenvalue weighted by molar-refractivity contribution is 6.07. The number of amidine groups is 1. The van der Waals surface area contributed by atoms with E-state index in [1.54, 1.807) is 37.5 Å². The van der Waals surface area contributed by atoms with E-state index in [0.29, 0.717) is 18.1 Å². The van der Waals surface area contributed by atoms with Gasteiger partial charge in [0.05, 0.1) is 36.9 Å². The summed E-state index contributed by atoms with van der Waals surface area (Å²) in [6.07, 6.45) is 7.40. The van der Waals surface area contributed by atoms with Gasteiger partial charge in [-0.2, -0.15) is 0 Å². The van der Waals surface area contributed by atoms with Crippen molar-refractivity contribution in [2.75, 3.05) is 27.2 Å². The molecule has 4 rings (SSSR count). The Morgan fingerprint density at radius 2 is 2.03 bits per heavy atom. The zero-order chi connectivity index (χ0) is 24.3. The minimum atomic E-state index is -0.719. The van der Waals surface area contributed by atoms with E-state index in [4.69, 9.17) is 4.74 Å². The van der Waals surface area contributed by atoms with Crippen molar-refractivity contribution >= 4 is 17.8 Å². The molecule has 176 valence electrons. The van der Waals surface area contributed by atoms with Gasteiger partial charge in [-0.15, -0.1) is 0 Å². The summed E-state index contributed by atoms with van der Waals surface area (Å²) in [4.78, 5) is 23.4. The van der Waals surface area contributed by atoms with E-state index < -0.39 is 5.54 Å². The van der Waals surface area contributed by atoms with E-state index in [1.807, 2.05) is 55.0 Å². The van der Waals surface area contributed by atoms with E-state index in [0.717, 1.165) is 22.5 Å². The van der Waals surface area contributed by atoms with Crippen LogP contribution < -0.4 is 10.1 Å². The third kappa shape index (κ3) is 4.49. The monoisotopic (exact) mass is 461 g/mol. The molecule has 0 bridgehead atoms. The predicted octanol–water partition coefficient (Wildman–Crippen LogP) is 3.72. The lowest BCUT2D eigenvalue weighted by molar-refractivity contribution is -0.133. The van der Waals surface area contributed by atoms with Crippen molar-refractivity contribution in [3.63, 3.8) is 0 Å². The predicted molar refractivity (Wildman–Crippen MR) is 131 cm³/mol. The van der Waals surface area contributed by atoms with Crippen molar-refractivity contribution in [1.82, 2.24) is 19.8 Å². The maximum Gasteiger partial charge on any atom is 0.242 e. The number of halogens is 1. The lowest BCUT2D eigenvalue weighted by Gasteiger charge is -2.45. The number of ether oxygens (including phenoxy) is 1. The van der Waals surface area contributed by atoms with Crippen molar-refractivity contribution in [2.45, 2.75) is 19.4 Å². The van der Waals surface area contributed by atoms with Gasteiger partial charge in [-0.1, -0.05) is 24.3 Å². The van der Waals surface area contributed by atoms with Gasteiger partial charge in [0.1, 0.15) is 17.4 Å². The number of hydrogen-bond donors (Lipinski definition) is 1. The Morgan fingerprint density at radius 1 is 1.26 bits per heavy atom. The molecule has 8 heteroatoms. The van der Waals surface area contributed by atoms with Crippen molar-refractivity contribution in [3.05, 3.63) is 83.7 Å². The lowest BCUT2D eigenvalue weighted by Crippen LogP contribution is -2.62. The molecule has 3 aromatic rings. The van der Waals surface area contributed by atoms with Crippen LogP contribution in [0, 0.1) is 12.7 Å². The largest absolute Gasteiger partial charge is 0.495 e. The summed E-state index contributed by atoms with van der Waals surface area (Å²) in [6, 6.07) is 12.1. The van der Waals surface area contributed by atoms with Crippen molar-refractivity contribution in [1.29, 1.82) is 0 Å². The second-order valence-corrected chi connectivity index (χ2v) is 8.38. The normalized spacial score (nSPS) is 19.1. The van der Waals surface area contributed by atoms with Crippen LogP contribution in [0.4, 0.5) is 4.39 Å². The SMILES string of the molecule is CN=C(/C=C/c1ccc(-n2cnc(C)c2)c(OC)c1)N1C(=O)CNCC1(C)c1ccc(F)cc1. The number of hydrogen-bond acceptors (Lipinski definition) is 5. The Hall–Kier alpha value is -3.78. The highest BCUT2D eigenvalue weighted by atomic mass is 19.1. The maximum absolute atomic E-state index is 13.5. The number of piperazine rings is 1. The van der Waals surface area contributed by atoms with Gasteiger partial charge in [-0.25, -0.2) is 9.37 Å². The van der Waals surface area contributed by atoms with E-state index in [1.165, 1.54) is 12.1 Å². The van der Waals surface area contributed by atoms with Crippen molar-refractivity contribution in [3.8, 4) is 11.4 Å². The van der Waals surface area contributed by atoms with Gasteiger partial charge in [0, 0.05) is 19.8 Å². The van der Waals surface area contributed by atoms with Crippen LogP contribution in [0.3, 0.4) is 0 Å². The average Bonchev–Trinajstić information content (AvgIpc) is 3.27. The molecule has 1 aromatic heterocycles. The third-order valence-corrected chi connectivity index (χ3v) is 6.03. The molecule has 1 aliphatic rings. The van der Waals surface area contributed by atoms with E-state index >= 15 is 0 Å². The van der Waals surface area contributed by atoms with Gasteiger partial charge in [0.2, 0.25) is 5.91 Å². The second kappa shape index (κ2) is 9.61. The fraction of sp³-hybridized carbons (Fsp3) is 0.269. The number of benzene rings is 2. The third-order valence-electron chi connectivity index (χ3n) is 6.03. The van der Waals surface area contributed by atoms with Crippen LogP contribution >= 0.6 is 0 Å². The van der Waals surface area contributed by atoms with Crippen LogP contribution in [0.2, 0.25) is 0 Å². The van der Waals surface area contributed by atoms with Crippen molar-refractivity contribution < 1.29 is 13.9 Å². The standard InChI is InChI=1S/C26H28FN5O2/c1-18-15-31(17-30-18)22-11-5-19(13-23(22)34-4)6-12-24(28-3)32-25(33)14-29-16-26(32,2)20-7-9-21(27)10-8-20/h5-13,15,17,29H,14,16H2,1-4H3/b12-6+,28-24?. The molecule has 1 saturated heterocycles. The van der Waals surface area contributed by atoms with Gasteiger partial charge in [0.15, 0.2) is 0 Å². The van der Waals surface area contributed by atoms with Crippen LogP contribution in [0.5, 0.6) is 5.75 Å². The van der Waals surface area contributed by atoms with Gasteiger partial charge in [-0.05, 0) is 55.3 Å². The summed E-state index contributed by atoms with van der Waals surface area (Å²) in [7, 11) is 3.29. The van der Waals surface area contributed by atoms with Crippen LogP contribution in [0.25, 0.3) is 11.8 Å². The van der Waals surface area contributed by atoms with E-state index in [2.05, 4.69) is 15.3 Å². The molecule has 1 atom stereocenters. The smallest absolute Gasteiger partial charge is 0.242 e. The molecular formula is C26H28FN5O2. The summed E-state index contributed by atoms with van der Waals surface area (Å²) in [6.45, 7) is 4.61. The summed E-state index contributed by atoms with van der Waals surface area (Å²) < 4.78 is 21.1. The van der Waals surface area contributed by atoms with Crippen LogP contribution in [0.15, 0.2) is 66.1 Å². The molecule has 1 unspecified atom stereocenters. The Labute approximate surface area is 198 Å². The molecule has 0 radical (unpaired) electrons. The molecule has 0 aliphatic carbocycles. The molecule has 7 nitrogen and oxygen atoms in total. The molecule has 1 aliphatic heterocycles. The molecule has 0 saturated carbocycles.